The Morgan fingerprint density at radius 1 is 0.609 bits per heavy atom. The monoisotopic (exact) mass is 1170 g/mol. The van der Waals surface area contributed by atoms with Gasteiger partial charge in [-0.15, -0.1) is 6.58 Å². The van der Waals surface area contributed by atoms with Gasteiger partial charge in [-0.2, -0.15) is 0 Å². The number of benzene rings is 1. The van der Waals surface area contributed by atoms with Gasteiger partial charge in [0.15, 0.2) is 0 Å². The van der Waals surface area contributed by atoms with E-state index in [0.29, 0.717) is 51.4 Å². The first-order valence-corrected chi connectivity index (χ1v) is 34.1. The molecule has 1 aromatic rings. The van der Waals surface area contributed by atoms with Crippen LogP contribution in [-0.4, -0.2) is 214 Å². The lowest BCUT2D eigenvalue weighted by molar-refractivity contribution is 0.111. The average Bonchev–Trinajstić information content (AvgIpc) is 3.10. The van der Waals surface area contributed by atoms with Crippen molar-refractivity contribution >= 4 is 66.6 Å². The number of rotatable bonds is 26. The summed E-state index contributed by atoms with van der Waals surface area (Å²) in [4.78, 5) is 133. The van der Waals surface area contributed by atoms with Gasteiger partial charge < -0.3 is 97.8 Å². The van der Waals surface area contributed by atoms with Crippen molar-refractivity contribution in [3.8, 4) is 5.75 Å². The normalized spacial score (nSPS) is 14.1. The van der Waals surface area contributed by atoms with Gasteiger partial charge in [0.2, 0.25) is 12.5 Å². The fourth-order valence-electron chi connectivity index (χ4n) is 3.85. The number of allylic oxidation sites excluding steroid dienone is 1. The number of hydrogen-bond acceptors (Lipinski definition) is 17. The van der Waals surface area contributed by atoms with Gasteiger partial charge in [-0.3, -0.25) is 46.7 Å². The number of hydrogen-bond donors (Lipinski definition) is 17. The lowest BCUT2D eigenvalue weighted by atomic mass is 10.3. The molecule has 17 N–H and O–H groups in total. The third kappa shape index (κ3) is 56.9. The Bertz CT molecular complexity index is 1780. The van der Waals surface area contributed by atoms with Crippen LogP contribution in [0.2, 0.25) is 0 Å². The van der Waals surface area contributed by atoms with Crippen molar-refractivity contribution in [3.63, 3.8) is 0 Å². The van der Waals surface area contributed by atoms with E-state index in [2.05, 4.69) is 12.9 Å². The van der Waals surface area contributed by atoms with E-state index in [0.717, 1.165) is 17.1 Å². The molecule has 1 aromatic carbocycles. The molecule has 0 heterocycles. The number of aliphatic hydroxyl groups is 2. The van der Waals surface area contributed by atoms with Crippen LogP contribution in [0.25, 0.3) is 0 Å². The minimum Gasteiger partial charge on any atom is -0.491 e. The van der Waals surface area contributed by atoms with Crippen molar-refractivity contribution in [2.45, 2.75) is 39.2 Å². The SMILES string of the molecule is C=CC.C=P(O)(O)CN(CP(=O)(O)O)CP(=O)(O)O.CC(O)(P(C)(=O)O)P(=O)(O)O.CCCOCCN(CP(=O)(O)O)CP(=O)(O)O.CCN(CCO)CP(=O)(O)O.COCCOc1ccccc1. The molecular weight excluding hydrogens is 1090 g/mol. The molecule has 0 aliphatic heterocycles. The summed E-state index contributed by atoms with van der Waals surface area (Å²) in [6.45, 7) is 13.0. The minimum atomic E-state index is -4.95. The molecule has 0 aliphatic carbocycles. The van der Waals surface area contributed by atoms with Gasteiger partial charge in [0.25, 0.3) is 0 Å². The number of aliphatic hydroxyl groups excluding tert-OH is 1. The number of methoxy groups -OCH3 is 1. The first-order valence-electron chi connectivity index (χ1n) is 19.3. The van der Waals surface area contributed by atoms with Crippen LogP contribution >= 0.6 is 60.3 Å². The van der Waals surface area contributed by atoms with Crippen LogP contribution in [0.4, 0.5) is 0 Å². The molecule has 1 rings (SSSR count). The summed E-state index contributed by atoms with van der Waals surface area (Å²) in [7, 11) is -32.9. The molecule has 0 saturated heterocycles. The number of ether oxygens (including phenoxy) is 3. The lowest BCUT2D eigenvalue weighted by Gasteiger charge is -2.26. The molecule has 0 fully saturated rings. The second-order valence-corrected chi connectivity index (χ2v) is 29.2. The Balaban J connectivity index is -0.000000247. The molecule has 30 nitrogen and oxygen atoms in total. The van der Waals surface area contributed by atoms with Gasteiger partial charge in [-0.05, 0) is 38.9 Å². The molecule has 0 aromatic heterocycles. The van der Waals surface area contributed by atoms with Crippen LogP contribution in [0.3, 0.4) is 0 Å². The van der Waals surface area contributed by atoms with Crippen molar-refractivity contribution < 1.29 is 130 Å². The molecule has 0 aliphatic rings. The van der Waals surface area contributed by atoms with E-state index in [1.165, 1.54) is 4.90 Å². The zero-order valence-electron chi connectivity index (χ0n) is 39.1. The Labute approximate surface area is 402 Å². The van der Waals surface area contributed by atoms with E-state index < -0.39 is 96.8 Å². The average molecular weight is 1170 g/mol. The first kappa shape index (κ1) is 77.7. The van der Waals surface area contributed by atoms with E-state index in [4.69, 9.17) is 97.8 Å². The highest BCUT2D eigenvalue weighted by Crippen LogP contribution is 2.67. The Morgan fingerprint density at radius 3 is 1.26 bits per heavy atom. The van der Waals surface area contributed by atoms with E-state index in [9.17, 15) is 32.0 Å². The quantitative estimate of drug-likeness (QED) is 0.0347. The number of likely N-dealkylation sites (N-methyl/N-ethyl adjacent to an activating group) is 1. The van der Waals surface area contributed by atoms with Crippen LogP contribution in [0.1, 0.15) is 34.1 Å². The van der Waals surface area contributed by atoms with Crippen molar-refractivity contribution in [2.24, 2.45) is 0 Å². The summed E-state index contributed by atoms with van der Waals surface area (Å²) in [5, 5.41) is 14.5. The van der Waals surface area contributed by atoms with Crippen molar-refractivity contribution in [1.82, 2.24) is 14.7 Å². The van der Waals surface area contributed by atoms with E-state index in [1.807, 2.05) is 44.2 Å². The largest absolute Gasteiger partial charge is 0.491 e. The van der Waals surface area contributed by atoms with Gasteiger partial charge in [-0.25, -0.2) is 0 Å². The molecule has 0 radical (unpaired) electrons. The molecule has 0 amide bonds. The van der Waals surface area contributed by atoms with Gasteiger partial charge in [-0.1, -0.05) is 44.4 Å². The molecule has 0 saturated carbocycles. The van der Waals surface area contributed by atoms with Gasteiger partial charge in [0.1, 0.15) is 51.1 Å². The topological polar surface area (TPSA) is 501 Å². The predicted molar refractivity (Wildman–Crippen MR) is 260 cm³/mol. The van der Waals surface area contributed by atoms with Crippen LogP contribution in [0, 0.1) is 0 Å². The summed E-state index contributed by atoms with van der Waals surface area (Å²) in [5.74, 6) is 0.893. The summed E-state index contributed by atoms with van der Waals surface area (Å²) in [6, 6.07) is 9.71. The zero-order valence-corrected chi connectivity index (χ0v) is 46.2. The third-order valence-corrected chi connectivity index (χ3v) is 16.0. The first-order chi connectivity index (χ1) is 30.8. The molecule has 0 spiro atoms. The van der Waals surface area contributed by atoms with E-state index in [-0.39, 0.29) is 26.0 Å². The molecule has 2 unspecified atom stereocenters. The highest BCUT2D eigenvalue weighted by atomic mass is 31.2. The highest BCUT2D eigenvalue weighted by molar-refractivity contribution is 7.74. The van der Waals surface area contributed by atoms with Gasteiger partial charge in [0, 0.05) is 33.5 Å². The van der Waals surface area contributed by atoms with Crippen LogP contribution in [0.5, 0.6) is 5.75 Å². The fraction of sp³-hybridized carbons (Fsp3) is 0.710. The second-order valence-electron chi connectivity index (χ2n) is 14.1. The lowest BCUT2D eigenvalue weighted by Crippen LogP contribution is -2.30. The standard InChI is InChI=1S/C9H12O2.C7H19NO7P2.C5H14NO4P.C4H14NO8P3.C3H10O6P2.C3H6/c1-10-7-8-11-9-5-3-2-4-6-9;1-2-4-15-5-3-8(6-16(9,10)11)7-17(12,13)14;1-2-6(3-4-7)5-11(8,9)10;1-14(6,7)2-5(3-15(8,9)10)4-16(11,12)13;1-3(4,10(2,5)6)11(7,8)9;1-3-2/h2-6H,7-8H2,1H3;2-7H2,1H3,(H2,9,10,11)(H2,12,13,14);7H,2-5H2,1H3,(H2,8,9,10);6-7H,1-4H2,(H2,8,9,10)(H2,11,12,13);4H,1-2H3,(H,5,6)(H2,7,8,9);3H,1H2,2H3. The second kappa shape index (κ2) is 37.5. The fourth-order valence-corrected chi connectivity index (χ4v) is 11.1. The third-order valence-electron chi connectivity index (χ3n) is 6.75. The maximum absolute atomic E-state index is 10.8. The van der Waals surface area contributed by atoms with Crippen molar-refractivity contribution in [3.05, 3.63) is 43.0 Å². The summed E-state index contributed by atoms with van der Waals surface area (Å²) < 4.78 is 89.6. The highest BCUT2D eigenvalue weighted by Gasteiger charge is 2.52. The molecule has 38 heteroatoms. The minimum absolute atomic E-state index is 0.0657. The van der Waals surface area contributed by atoms with Crippen LogP contribution < -0.4 is 4.74 Å². The maximum Gasteiger partial charge on any atom is 0.366 e. The summed E-state index contributed by atoms with van der Waals surface area (Å²) in [5.41, 5.74) is 0. The summed E-state index contributed by atoms with van der Waals surface area (Å²) in [6.07, 6.45) is 1.21. The Hall–Kier alpha value is -0.210. The van der Waals surface area contributed by atoms with Crippen molar-refractivity contribution in [1.29, 1.82) is 0 Å². The molecular formula is C31H75N3O27P8. The Morgan fingerprint density at radius 2 is 0.986 bits per heavy atom. The van der Waals surface area contributed by atoms with E-state index >= 15 is 0 Å². The van der Waals surface area contributed by atoms with Crippen LogP contribution in [-0.2, 0) is 41.4 Å². The number of para-hydroxylation sites is 1. The molecule has 0 bridgehead atoms. The van der Waals surface area contributed by atoms with Crippen molar-refractivity contribution in [2.75, 3.05) is 104 Å². The molecule has 416 valence electrons. The van der Waals surface area contributed by atoms with E-state index in [1.54, 1.807) is 20.1 Å². The zero-order chi connectivity index (χ0) is 55.8. The maximum atomic E-state index is 10.8. The predicted octanol–water partition coefficient (Wildman–Crippen LogP) is 0.836. The van der Waals surface area contributed by atoms with Gasteiger partial charge in [0.05, 0.1) is 26.1 Å². The van der Waals surface area contributed by atoms with Crippen LogP contribution in [0.15, 0.2) is 43.0 Å². The number of nitrogens with zero attached hydrogens (tertiary/aromatic N) is 3. The molecule has 69 heavy (non-hydrogen) atoms. The Kier molecular flexibility index (Phi) is 42.2. The van der Waals surface area contributed by atoms with Gasteiger partial charge >= 0.3 is 45.6 Å². The smallest absolute Gasteiger partial charge is 0.366 e. The summed E-state index contributed by atoms with van der Waals surface area (Å²) >= 11 is 0. The molecule has 2 atom stereocenters.